The molecule has 180 valence electrons. The van der Waals surface area contributed by atoms with E-state index in [0.717, 1.165) is 18.5 Å². The summed E-state index contributed by atoms with van der Waals surface area (Å²) in [7, 11) is 1.47. The van der Waals surface area contributed by atoms with Crippen molar-refractivity contribution in [3.05, 3.63) is 59.2 Å². The molecule has 6 rings (SSSR count). The molecule has 2 atom stereocenters. The fraction of sp³-hybridized carbons (Fsp3) is 0.360. The van der Waals surface area contributed by atoms with E-state index >= 15 is 0 Å². The number of nitrogens with zero attached hydrogens (tertiary/aromatic N) is 5. The van der Waals surface area contributed by atoms with E-state index in [1.807, 2.05) is 11.0 Å². The van der Waals surface area contributed by atoms with Gasteiger partial charge < -0.3 is 20.5 Å². The third-order valence-corrected chi connectivity index (χ3v) is 6.89. The Labute approximate surface area is 201 Å². The molecule has 35 heavy (non-hydrogen) atoms. The highest BCUT2D eigenvalue weighted by molar-refractivity contribution is 6.10. The standard InChI is InChI=1S/C25H25FN6O3/c1-35-20-4-2-3-16(26)22(20)23-15-10-32(24(34)14(15)7-8-28-23)21-9-18(13-5-6-13)29-25(30-21)31-11-17(27)19(33)12-31/h2-4,7-9,13,17,19,33H,5-6,10-12,27H2,1H3. The second-order valence-electron chi connectivity index (χ2n) is 9.26. The molecule has 10 heteroatoms. The monoisotopic (exact) mass is 476 g/mol. The first kappa shape index (κ1) is 21.9. The van der Waals surface area contributed by atoms with E-state index < -0.39 is 11.9 Å². The number of pyridine rings is 1. The molecule has 0 bridgehead atoms. The molecule has 1 saturated heterocycles. The summed E-state index contributed by atoms with van der Waals surface area (Å²) < 4.78 is 20.3. The molecule has 1 aliphatic carbocycles. The maximum atomic E-state index is 14.9. The number of aromatic nitrogens is 3. The third-order valence-electron chi connectivity index (χ3n) is 6.89. The fourth-order valence-electron chi connectivity index (χ4n) is 4.82. The van der Waals surface area contributed by atoms with Gasteiger partial charge in [0, 0.05) is 48.4 Å². The summed E-state index contributed by atoms with van der Waals surface area (Å²) in [4.78, 5) is 30.8. The molecule has 2 fully saturated rings. The molecule has 1 aromatic carbocycles. The number of nitrogens with two attached hydrogens (primary N) is 1. The number of carbonyl (C=O) groups is 1. The maximum Gasteiger partial charge on any atom is 0.260 e. The molecule has 9 nitrogen and oxygen atoms in total. The predicted molar refractivity (Wildman–Crippen MR) is 127 cm³/mol. The van der Waals surface area contributed by atoms with Crippen molar-refractivity contribution in [3.8, 4) is 17.0 Å². The number of rotatable bonds is 5. The van der Waals surface area contributed by atoms with Crippen LogP contribution in [0.1, 0.15) is 40.4 Å². The Bertz CT molecular complexity index is 1320. The highest BCUT2D eigenvalue weighted by Gasteiger charge is 2.37. The second kappa shape index (κ2) is 8.24. The van der Waals surface area contributed by atoms with Gasteiger partial charge in [0.15, 0.2) is 0 Å². The normalized spacial score (nSPS) is 21.5. The third kappa shape index (κ3) is 3.69. The smallest absolute Gasteiger partial charge is 0.260 e. The van der Waals surface area contributed by atoms with E-state index in [4.69, 9.17) is 20.4 Å². The number of hydrogen-bond acceptors (Lipinski definition) is 8. The number of hydrogen-bond donors (Lipinski definition) is 2. The minimum Gasteiger partial charge on any atom is -0.496 e. The Balaban J connectivity index is 1.41. The molecule has 3 aromatic rings. The lowest BCUT2D eigenvalue weighted by Gasteiger charge is -2.21. The molecule has 3 N–H and O–H groups in total. The summed E-state index contributed by atoms with van der Waals surface area (Å²) >= 11 is 0. The van der Waals surface area contributed by atoms with Gasteiger partial charge in [-0.1, -0.05) is 6.07 Å². The number of β-amino-alcohol motifs (C(OH)–C–C–N with tert-alkyl or cyclic N) is 1. The van der Waals surface area contributed by atoms with Crippen LogP contribution in [0.5, 0.6) is 5.75 Å². The van der Waals surface area contributed by atoms with Gasteiger partial charge in [0.2, 0.25) is 5.95 Å². The first-order valence-electron chi connectivity index (χ1n) is 11.6. The summed E-state index contributed by atoms with van der Waals surface area (Å²) in [5, 5.41) is 10.1. The maximum absolute atomic E-state index is 14.9. The molecule has 4 heterocycles. The predicted octanol–water partition coefficient (Wildman–Crippen LogP) is 2.23. The average molecular weight is 477 g/mol. The molecular weight excluding hydrogens is 451 g/mol. The lowest BCUT2D eigenvalue weighted by Crippen LogP contribution is -2.32. The van der Waals surface area contributed by atoms with Crippen LogP contribution in [0.2, 0.25) is 0 Å². The van der Waals surface area contributed by atoms with Crippen molar-refractivity contribution in [2.24, 2.45) is 5.73 Å². The Hall–Kier alpha value is -3.63. The number of amides is 1. The number of halogens is 1. The number of methoxy groups -OCH3 is 1. The largest absolute Gasteiger partial charge is 0.496 e. The Morgan fingerprint density at radius 3 is 2.74 bits per heavy atom. The lowest BCUT2D eigenvalue weighted by molar-refractivity contribution is 0.0996. The van der Waals surface area contributed by atoms with Crippen molar-refractivity contribution in [3.63, 3.8) is 0 Å². The van der Waals surface area contributed by atoms with Crippen molar-refractivity contribution in [1.29, 1.82) is 0 Å². The van der Waals surface area contributed by atoms with Crippen LogP contribution in [0.25, 0.3) is 11.3 Å². The summed E-state index contributed by atoms with van der Waals surface area (Å²) in [5.41, 5.74) is 8.55. The minimum absolute atomic E-state index is 0.192. The molecule has 2 aliphatic heterocycles. The zero-order valence-corrected chi connectivity index (χ0v) is 19.2. The highest BCUT2D eigenvalue weighted by Crippen LogP contribution is 2.42. The van der Waals surface area contributed by atoms with Gasteiger partial charge in [-0.05, 0) is 31.0 Å². The van der Waals surface area contributed by atoms with Crippen molar-refractivity contribution in [2.75, 3.05) is 30.0 Å². The van der Waals surface area contributed by atoms with Gasteiger partial charge >= 0.3 is 0 Å². The van der Waals surface area contributed by atoms with Gasteiger partial charge in [0.05, 0.1) is 36.7 Å². The zero-order valence-electron chi connectivity index (χ0n) is 19.2. The molecule has 1 amide bonds. The summed E-state index contributed by atoms with van der Waals surface area (Å²) in [6, 6.07) is 7.71. The van der Waals surface area contributed by atoms with Crippen LogP contribution in [-0.2, 0) is 6.54 Å². The fourth-order valence-corrected chi connectivity index (χ4v) is 4.82. The van der Waals surface area contributed by atoms with Crippen LogP contribution in [0.3, 0.4) is 0 Å². The molecule has 2 aromatic heterocycles. The van der Waals surface area contributed by atoms with Crippen molar-refractivity contribution in [1.82, 2.24) is 15.0 Å². The Kier molecular flexibility index (Phi) is 5.15. The first-order chi connectivity index (χ1) is 16.9. The topological polar surface area (TPSA) is 118 Å². The van der Waals surface area contributed by atoms with Crippen LogP contribution in [0.15, 0.2) is 36.5 Å². The Morgan fingerprint density at radius 1 is 1.20 bits per heavy atom. The molecule has 1 saturated carbocycles. The van der Waals surface area contributed by atoms with Crippen LogP contribution >= 0.6 is 0 Å². The number of anilines is 2. The van der Waals surface area contributed by atoms with Gasteiger partial charge in [0.25, 0.3) is 5.91 Å². The number of ether oxygens (including phenoxy) is 1. The van der Waals surface area contributed by atoms with Crippen molar-refractivity contribution >= 4 is 17.7 Å². The van der Waals surface area contributed by atoms with Crippen LogP contribution < -0.4 is 20.3 Å². The van der Waals surface area contributed by atoms with Crippen LogP contribution in [0, 0.1) is 5.82 Å². The molecule has 2 unspecified atom stereocenters. The van der Waals surface area contributed by atoms with E-state index in [1.54, 1.807) is 23.1 Å². The van der Waals surface area contributed by atoms with Crippen molar-refractivity contribution < 1.29 is 19.0 Å². The van der Waals surface area contributed by atoms with Crippen LogP contribution in [-0.4, -0.2) is 58.3 Å². The minimum atomic E-state index is -0.659. The first-order valence-corrected chi connectivity index (χ1v) is 11.6. The zero-order chi connectivity index (χ0) is 24.3. The number of aliphatic hydroxyl groups excluding tert-OH is 1. The van der Waals surface area contributed by atoms with Crippen LogP contribution in [0.4, 0.5) is 16.2 Å². The number of aliphatic hydroxyl groups is 1. The number of fused-ring (bicyclic) bond motifs is 1. The van der Waals surface area contributed by atoms with E-state index in [9.17, 15) is 14.3 Å². The van der Waals surface area contributed by atoms with E-state index in [-0.39, 0.29) is 24.1 Å². The van der Waals surface area contributed by atoms with E-state index in [2.05, 4.69) is 4.98 Å². The van der Waals surface area contributed by atoms with Gasteiger partial charge in [-0.3, -0.25) is 14.7 Å². The summed E-state index contributed by atoms with van der Waals surface area (Å²) in [5.74, 6) is 0.899. The number of benzene rings is 1. The van der Waals surface area contributed by atoms with Gasteiger partial charge in [-0.25, -0.2) is 9.37 Å². The molecule has 3 aliphatic rings. The molecular formula is C25H25FN6O3. The molecule has 0 radical (unpaired) electrons. The Morgan fingerprint density at radius 2 is 2.03 bits per heavy atom. The highest BCUT2D eigenvalue weighted by atomic mass is 19.1. The number of carbonyl (C=O) groups excluding carboxylic acids is 1. The van der Waals surface area contributed by atoms with Gasteiger partial charge in [-0.15, -0.1) is 0 Å². The van der Waals surface area contributed by atoms with E-state index in [0.29, 0.717) is 53.3 Å². The van der Waals surface area contributed by atoms with Gasteiger partial charge in [0.1, 0.15) is 17.4 Å². The quantitative estimate of drug-likeness (QED) is 0.576. The SMILES string of the molecule is COc1cccc(F)c1-c1nccc2c1CN(c1cc(C3CC3)nc(N3CC(N)C(O)C3)n1)C2=O. The van der Waals surface area contributed by atoms with Crippen molar-refractivity contribution in [2.45, 2.75) is 37.5 Å². The van der Waals surface area contributed by atoms with Gasteiger partial charge in [-0.2, -0.15) is 4.98 Å². The average Bonchev–Trinajstić information content (AvgIpc) is 3.59. The second-order valence-corrected chi connectivity index (χ2v) is 9.26. The van der Waals surface area contributed by atoms with E-state index in [1.165, 1.54) is 19.4 Å². The molecule has 0 spiro atoms. The lowest BCUT2D eigenvalue weighted by atomic mass is 10.0. The summed E-state index contributed by atoms with van der Waals surface area (Å²) in [6.45, 7) is 0.964. The summed E-state index contributed by atoms with van der Waals surface area (Å²) in [6.07, 6.45) is 2.92.